The highest BCUT2D eigenvalue weighted by molar-refractivity contribution is 7.17. The number of unbranched alkanes of at least 4 members (excludes halogenated alkanes) is 1. The number of allylic oxidation sites excluding steroid dienone is 2. The number of fused-ring (bicyclic) bond motifs is 6. The minimum atomic E-state index is -0.854. The van der Waals surface area contributed by atoms with Crippen molar-refractivity contribution >= 4 is 60.7 Å². The Kier molecular flexibility index (Phi) is 19.6. The minimum absolute atomic E-state index is 0.0654. The lowest BCUT2D eigenvalue weighted by Gasteiger charge is -2.62. The molecule has 2 aromatic heterocycles. The number of nitrogens with two attached hydrogens (primary N) is 1. The predicted molar refractivity (Wildman–Crippen MR) is 254 cm³/mol. The van der Waals surface area contributed by atoms with Crippen molar-refractivity contribution in [1.82, 2.24) is 5.32 Å². The van der Waals surface area contributed by atoms with E-state index in [0.29, 0.717) is 59.1 Å². The van der Waals surface area contributed by atoms with E-state index in [1.165, 1.54) is 44.1 Å². The van der Waals surface area contributed by atoms with Gasteiger partial charge >= 0.3 is 11.9 Å². The van der Waals surface area contributed by atoms with Crippen LogP contribution in [0.3, 0.4) is 0 Å². The number of carboxylic acids is 1. The Morgan fingerprint density at radius 2 is 1.29 bits per heavy atom. The lowest BCUT2D eigenvalue weighted by molar-refractivity contribution is -0.140. The Hall–Kier alpha value is -3.65. The number of carbonyl (C=O) groups is 3. The Bertz CT molecular complexity index is 2050. The summed E-state index contributed by atoms with van der Waals surface area (Å²) < 4.78 is 15.4. The normalized spacial score (nSPS) is 25.7. The van der Waals surface area contributed by atoms with Crippen LogP contribution < -0.4 is 11.1 Å². The number of amides is 1. The van der Waals surface area contributed by atoms with Crippen LogP contribution >= 0.6 is 22.7 Å². The first-order chi connectivity index (χ1) is 29.6. The van der Waals surface area contributed by atoms with E-state index in [1.54, 1.807) is 45.2 Å². The third-order valence-corrected chi connectivity index (χ3v) is 16.0. The van der Waals surface area contributed by atoms with Crippen LogP contribution in [0.1, 0.15) is 106 Å². The predicted octanol–water partition coefficient (Wildman–Crippen LogP) is 10.5. The molecule has 0 saturated heterocycles. The van der Waals surface area contributed by atoms with Crippen molar-refractivity contribution in [2.45, 2.75) is 97.6 Å². The second kappa shape index (κ2) is 23.9. The highest BCUT2D eigenvalue weighted by Gasteiger charge is 2.58. The van der Waals surface area contributed by atoms with Gasteiger partial charge in [0.05, 0.1) is 18.2 Å². The summed E-state index contributed by atoms with van der Waals surface area (Å²) >= 11 is 3.10. The summed E-state index contributed by atoms with van der Waals surface area (Å²) in [5.41, 5.74) is 8.19. The Morgan fingerprint density at radius 3 is 1.81 bits per heavy atom. The summed E-state index contributed by atoms with van der Waals surface area (Å²) in [6, 6.07) is 16.2. The van der Waals surface area contributed by atoms with Crippen molar-refractivity contribution in [2.24, 2.45) is 52.1 Å². The summed E-state index contributed by atoms with van der Waals surface area (Å²) in [5.74, 6) is 3.00. The van der Waals surface area contributed by atoms with E-state index in [2.05, 4.69) is 60.7 Å². The van der Waals surface area contributed by atoms with Crippen molar-refractivity contribution in [2.75, 3.05) is 42.2 Å². The van der Waals surface area contributed by atoms with E-state index >= 15 is 0 Å². The number of esters is 1. The van der Waals surface area contributed by atoms with Gasteiger partial charge in [-0.3, -0.25) is 9.59 Å². The van der Waals surface area contributed by atoms with Crippen LogP contribution in [0.4, 0.5) is 0 Å². The van der Waals surface area contributed by atoms with Gasteiger partial charge in [-0.15, -0.1) is 22.7 Å². The SMILES string of the molecule is CC1(C)[C@H]2C[C@H](CCO)[C@@H](N)[C@@H]1C2.COC.COC.COC(=O)CCC/C=C\C[C@H]1C[C@H]2C[C@@H]([C@@H]1NC(=O)c1csc3ccccc13)C2(C)C.O=C(O)c1csc2ccccc12. The van der Waals surface area contributed by atoms with Gasteiger partial charge in [-0.2, -0.15) is 0 Å². The summed E-state index contributed by atoms with van der Waals surface area (Å²) in [7, 11) is 7.93. The summed E-state index contributed by atoms with van der Waals surface area (Å²) in [6.07, 6.45) is 13.5. The molecule has 0 unspecified atom stereocenters. The van der Waals surface area contributed by atoms with Crippen LogP contribution in [-0.4, -0.2) is 82.3 Å². The fourth-order valence-corrected chi connectivity index (χ4v) is 12.1. The lowest BCUT2D eigenvalue weighted by Crippen LogP contribution is -2.63. The molecule has 342 valence electrons. The van der Waals surface area contributed by atoms with Gasteiger partial charge in [-0.25, -0.2) is 4.79 Å². The summed E-state index contributed by atoms with van der Waals surface area (Å²) in [6.45, 7) is 9.73. The number of carboxylic acid groups (broad SMARTS) is 1. The number of aromatic carboxylic acids is 1. The van der Waals surface area contributed by atoms with E-state index in [1.807, 2.05) is 47.8 Å². The molecule has 6 saturated carbocycles. The summed E-state index contributed by atoms with van der Waals surface area (Å²) in [5, 5.41) is 26.7. The van der Waals surface area contributed by atoms with Gasteiger partial charge < -0.3 is 35.5 Å². The topological polar surface area (TPSA) is 157 Å². The van der Waals surface area contributed by atoms with Crippen molar-refractivity contribution in [3.8, 4) is 0 Å². The van der Waals surface area contributed by atoms with Gasteiger partial charge in [0.25, 0.3) is 5.91 Å². The fraction of sp³-hybridized carbons (Fsp3) is 0.580. The molecule has 6 fully saturated rings. The molecule has 2 heterocycles. The number of rotatable bonds is 11. The highest BCUT2D eigenvalue weighted by Crippen LogP contribution is 2.62. The van der Waals surface area contributed by atoms with Crippen LogP contribution in [0.5, 0.6) is 0 Å². The smallest absolute Gasteiger partial charge is 0.337 e. The average Bonchev–Trinajstić information content (AvgIpc) is 3.89. The molecule has 5 N–H and O–H groups in total. The number of hydrogen-bond donors (Lipinski definition) is 4. The van der Waals surface area contributed by atoms with Crippen molar-refractivity contribution < 1.29 is 38.8 Å². The largest absolute Gasteiger partial charge is 0.478 e. The second-order valence-electron chi connectivity index (χ2n) is 18.4. The number of carbonyl (C=O) groups excluding carboxylic acids is 2. The first-order valence-electron chi connectivity index (χ1n) is 22.0. The van der Waals surface area contributed by atoms with Crippen LogP contribution in [-0.2, 0) is 19.0 Å². The molecule has 10 rings (SSSR count). The number of thiophene rings is 2. The Morgan fingerprint density at radius 1 is 0.774 bits per heavy atom. The second-order valence-corrected chi connectivity index (χ2v) is 20.2. The monoisotopic (exact) mass is 892 g/mol. The number of ether oxygens (including phenoxy) is 3. The van der Waals surface area contributed by atoms with Crippen LogP contribution in [0.15, 0.2) is 71.4 Å². The first kappa shape index (κ1) is 51.0. The molecule has 4 bridgehead atoms. The maximum atomic E-state index is 13.2. The molecule has 4 aromatic rings. The maximum absolute atomic E-state index is 13.2. The zero-order valence-electron chi connectivity index (χ0n) is 38.4. The molecule has 0 spiro atoms. The molecule has 6 aliphatic carbocycles. The molecule has 62 heavy (non-hydrogen) atoms. The zero-order chi connectivity index (χ0) is 45.6. The van der Waals surface area contributed by atoms with E-state index < -0.39 is 5.97 Å². The quantitative estimate of drug-likeness (QED) is 0.0654. The molecular weight excluding hydrogens is 821 g/mol. The third-order valence-electron chi connectivity index (χ3n) is 14.0. The van der Waals surface area contributed by atoms with Gasteiger partial charge in [0.1, 0.15) is 0 Å². The van der Waals surface area contributed by atoms with Gasteiger partial charge in [0, 0.05) is 84.5 Å². The van der Waals surface area contributed by atoms with E-state index in [0.717, 1.165) is 63.3 Å². The van der Waals surface area contributed by atoms with Crippen molar-refractivity contribution in [1.29, 1.82) is 0 Å². The van der Waals surface area contributed by atoms with Crippen molar-refractivity contribution in [3.05, 3.63) is 82.6 Å². The molecule has 12 heteroatoms. The first-order valence-corrected chi connectivity index (χ1v) is 23.7. The highest BCUT2D eigenvalue weighted by atomic mass is 32.1. The number of methoxy groups -OCH3 is 3. The minimum Gasteiger partial charge on any atom is -0.478 e. The molecule has 0 radical (unpaired) electrons. The Labute approximate surface area is 377 Å². The molecular formula is C50H72N2O8S2. The molecule has 10 nitrogen and oxygen atoms in total. The van der Waals surface area contributed by atoms with E-state index in [4.69, 9.17) is 20.7 Å². The Balaban J connectivity index is 0.000000222. The number of nitrogens with one attached hydrogen (secondary N) is 1. The van der Waals surface area contributed by atoms with Gasteiger partial charge in [-0.05, 0) is 110 Å². The molecule has 6 aliphatic rings. The third kappa shape index (κ3) is 12.3. The van der Waals surface area contributed by atoms with Crippen LogP contribution in [0.2, 0.25) is 0 Å². The van der Waals surface area contributed by atoms with Crippen molar-refractivity contribution in [3.63, 3.8) is 0 Å². The molecule has 1 amide bonds. The summed E-state index contributed by atoms with van der Waals surface area (Å²) in [4.78, 5) is 35.2. The number of aliphatic hydroxyl groups is 1. The van der Waals surface area contributed by atoms with Gasteiger partial charge in [0.15, 0.2) is 0 Å². The molecule has 8 atom stereocenters. The molecule has 0 aliphatic heterocycles. The van der Waals surface area contributed by atoms with E-state index in [-0.39, 0.29) is 17.9 Å². The fourth-order valence-electron chi connectivity index (χ4n) is 10.2. The maximum Gasteiger partial charge on any atom is 0.337 e. The van der Waals surface area contributed by atoms with Gasteiger partial charge in [-0.1, -0.05) is 76.2 Å². The average molecular weight is 893 g/mol. The number of hydrogen-bond acceptors (Lipinski definition) is 10. The van der Waals surface area contributed by atoms with Crippen LogP contribution in [0, 0.1) is 46.3 Å². The van der Waals surface area contributed by atoms with E-state index in [9.17, 15) is 14.4 Å². The lowest BCUT2D eigenvalue weighted by atomic mass is 9.44. The van der Waals surface area contributed by atoms with Gasteiger partial charge in [0.2, 0.25) is 0 Å². The number of aliphatic hydroxyl groups excluding tert-OH is 1. The van der Waals surface area contributed by atoms with Crippen LogP contribution in [0.25, 0.3) is 20.2 Å². The number of benzene rings is 2. The molecule has 2 aromatic carbocycles. The zero-order valence-corrected chi connectivity index (χ0v) is 40.0. The standard InChI is InChI=1S/C26H33NO3S.C11H21NO.C9H6O2S.2C2H6O/c1-26(2)18-14-17(10-6-4-5-7-13-23(28)30-3)24(21(26)15-18)27-25(29)20-16-31-22-12-9-8-11-19(20)22;1-11(2)8-5-7(3-4-13)10(12)9(11)6-8;10-9(11)7-5-12-8-4-2-1-3-6(7)8;2*1-3-2/h4,6,8-9,11-12,16-18,21,24H,5,7,10,13-15H2,1-3H3,(H,27,29);7-10,13H,3-6,12H2,1-2H3;1-5H,(H,10,11);2*1-2H3/b6-4-;;;;/t17-,18-,21-,24+;7-,8-,9-,10+;;;/m00.../s1.